The second-order valence-electron chi connectivity index (χ2n) is 4.81. The molecule has 5 nitrogen and oxygen atoms in total. The molecule has 0 radical (unpaired) electrons. The maximum absolute atomic E-state index is 12.2. The molecule has 21 heavy (non-hydrogen) atoms. The molecule has 1 rings (SSSR count). The molecule has 0 aliphatic rings. The summed E-state index contributed by atoms with van der Waals surface area (Å²) in [5.74, 6) is 0.888. The number of hydrogen-bond acceptors (Lipinski definition) is 4. The van der Waals surface area contributed by atoms with E-state index in [4.69, 9.17) is 4.74 Å². The molecule has 1 N–H and O–H groups in total. The van der Waals surface area contributed by atoms with Crippen LogP contribution in [0.15, 0.2) is 24.3 Å². The zero-order valence-corrected chi connectivity index (χ0v) is 13.2. The molecule has 0 aliphatic heterocycles. The third-order valence-corrected chi connectivity index (χ3v) is 3.48. The van der Waals surface area contributed by atoms with Gasteiger partial charge in [-0.05, 0) is 19.9 Å². The Hall–Kier alpha value is -1.59. The minimum atomic E-state index is 0.0285. The van der Waals surface area contributed by atoms with Crippen LogP contribution in [0.5, 0.6) is 5.75 Å². The highest BCUT2D eigenvalue weighted by Crippen LogP contribution is 2.19. The van der Waals surface area contributed by atoms with Gasteiger partial charge in [0.2, 0.25) is 5.91 Å². The highest BCUT2D eigenvalue weighted by Gasteiger charge is 2.16. The van der Waals surface area contributed by atoms with Gasteiger partial charge in [0.15, 0.2) is 0 Å². The van der Waals surface area contributed by atoms with Gasteiger partial charge < -0.3 is 14.7 Å². The molecule has 0 spiro atoms. The lowest BCUT2D eigenvalue weighted by molar-refractivity contribution is -0.132. The Morgan fingerprint density at radius 1 is 1.24 bits per heavy atom. The summed E-state index contributed by atoms with van der Waals surface area (Å²) in [4.78, 5) is 15.9. The van der Waals surface area contributed by atoms with Gasteiger partial charge in [0, 0.05) is 31.7 Å². The van der Waals surface area contributed by atoms with E-state index in [0.29, 0.717) is 32.7 Å². The van der Waals surface area contributed by atoms with Gasteiger partial charge in [0.25, 0.3) is 0 Å². The molecule has 0 atom stereocenters. The number of methoxy groups -OCH3 is 1. The summed E-state index contributed by atoms with van der Waals surface area (Å²) in [6.45, 7) is 6.73. The number of hydrogen-bond donors (Lipinski definition) is 1. The maximum Gasteiger partial charge on any atom is 0.236 e. The topological polar surface area (TPSA) is 53.0 Å². The van der Waals surface area contributed by atoms with Gasteiger partial charge in [-0.3, -0.25) is 9.69 Å². The predicted molar refractivity (Wildman–Crippen MR) is 83.3 cm³/mol. The van der Waals surface area contributed by atoms with E-state index in [-0.39, 0.29) is 12.5 Å². The molecule has 1 aromatic rings. The Kier molecular flexibility index (Phi) is 7.79. The zero-order valence-electron chi connectivity index (χ0n) is 13.2. The van der Waals surface area contributed by atoms with Crippen LogP contribution in [0.4, 0.5) is 0 Å². The van der Waals surface area contributed by atoms with Crippen LogP contribution in [0.1, 0.15) is 19.4 Å². The summed E-state index contributed by atoms with van der Waals surface area (Å²) < 4.78 is 5.33. The number of benzene rings is 1. The van der Waals surface area contributed by atoms with Gasteiger partial charge in [-0.2, -0.15) is 0 Å². The van der Waals surface area contributed by atoms with Crippen LogP contribution in [-0.2, 0) is 11.3 Å². The van der Waals surface area contributed by atoms with Crippen LogP contribution in [0, 0.1) is 0 Å². The summed E-state index contributed by atoms with van der Waals surface area (Å²) in [7, 11) is 1.64. The van der Waals surface area contributed by atoms with Gasteiger partial charge in [0.1, 0.15) is 5.75 Å². The Morgan fingerprint density at radius 3 is 2.48 bits per heavy atom. The average molecular weight is 294 g/mol. The number of carbonyl (C=O) groups excluding carboxylic acids is 1. The van der Waals surface area contributed by atoms with Crippen molar-refractivity contribution in [2.24, 2.45) is 0 Å². The van der Waals surface area contributed by atoms with Crippen molar-refractivity contribution in [3.8, 4) is 5.75 Å². The van der Waals surface area contributed by atoms with Gasteiger partial charge in [-0.1, -0.05) is 18.2 Å². The minimum absolute atomic E-state index is 0.0285. The van der Waals surface area contributed by atoms with Crippen molar-refractivity contribution in [1.29, 1.82) is 0 Å². The summed E-state index contributed by atoms with van der Waals surface area (Å²) in [5.41, 5.74) is 1.01. The van der Waals surface area contributed by atoms with Gasteiger partial charge in [0.05, 0.1) is 20.3 Å². The second kappa shape index (κ2) is 9.37. The van der Waals surface area contributed by atoms with E-state index < -0.39 is 0 Å². The van der Waals surface area contributed by atoms with E-state index in [1.807, 2.05) is 43.0 Å². The number of aliphatic hydroxyl groups is 1. The van der Waals surface area contributed by atoms with Crippen LogP contribution in [0.3, 0.4) is 0 Å². The van der Waals surface area contributed by atoms with Crippen molar-refractivity contribution in [2.75, 3.05) is 39.9 Å². The van der Waals surface area contributed by atoms with Crippen molar-refractivity contribution in [3.05, 3.63) is 29.8 Å². The molecule has 0 saturated carbocycles. The van der Waals surface area contributed by atoms with Crippen LogP contribution in [0.2, 0.25) is 0 Å². The van der Waals surface area contributed by atoms with Gasteiger partial charge in [-0.25, -0.2) is 0 Å². The predicted octanol–water partition coefficient (Wildman–Crippen LogP) is 1.36. The summed E-state index contributed by atoms with van der Waals surface area (Å²) in [6, 6.07) is 7.74. The molecule has 0 heterocycles. The first-order valence-corrected chi connectivity index (χ1v) is 7.39. The normalized spacial score (nSPS) is 10.7. The number of ether oxygens (including phenoxy) is 1. The number of amides is 1. The van der Waals surface area contributed by atoms with E-state index >= 15 is 0 Å². The lowest BCUT2D eigenvalue weighted by atomic mass is 10.2. The first-order valence-electron chi connectivity index (χ1n) is 7.39. The number of aliphatic hydroxyl groups excluding tert-OH is 1. The molecule has 0 unspecified atom stereocenters. The summed E-state index contributed by atoms with van der Waals surface area (Å²) in [6.07, 6.45) is 0. The number of likely N-dealkylation sites (N-methyl/N-ethyl adjacent to an activating group) is 1. The third kappa shape index (κ3) is 5.36. The van der Waals surface area contributed by atoms with Crippen LogP contribution >= 0.6 is 0 Å². The van der Waals surface area contributed by atoms with E-state index in [1.165, 1.54) is 0 Å². The zero-order chi connectivity index (χ0) is 15.7. The number of carbonyl (C=O) groups is 1. The SMILES string of the molecule is CCN(CC)C(=O)CN(CCO)Cc1ccccc1OC. The molecule has 118 valence electrons. The van der Waals surface area contributed by atoms with E-state index in [9.17, 15) is 9.90 Å². The highest BCUT2D eigenvalue weighted by molar-refractivity contribution is 5.78. The lowest BCUT2D eigenvalue weighted by Gasteiger charge is -2.26. The Balaban J connectivity index is 2.75. The van der Waals surface area contributed by atoms with Gasteiger partial charge in [-0.15, -0.1) is 0 Å². The van der Waals surface area contributed by atoms with E-state index in [0.717, 1.165) is 11.3 Å². The molecule has 0 fully saturated rings. The fourth-order valence-corrected chi connectivity index (χ4v) is 2.30. The Morgan fingerprint density at radius 2 is 1.90 bits per heavy atom. The molecule has 0 aromatic heterocycles. The molecule has 5 heteroatoms. The van der Waals surface area contributed by atoms with Crippen molar-refractivity contribution in [1.82, 2.24) is 9.80 Å². The standard InChI is InChI=1S/C16H26N2O3/c1-4-18(5-2)16(20)13-17(10-11-19)12-14-8-6-7-9-15(14)21-3/h6-9,19H,4-5,10-13H2,1-3H3. The van der Waals surface area contributed by atoms with Crippen LogP contribution in [-0.4, -0.2) is 60.7 Å². The minimum Gasteiger partial charge on any atom is -0.496 e. The molecular weight excluding hydrogens is 268 g/mol. The van der Waals surface area contributed by atoms with Crippen molar-refractivity contribution < 1.29 is 14.6 Å². The first kappa shape index (κ1) is 17.5. The van der Waals surface area contributed by atoms with Crippen LogP contribution < -0.4 is 4.74 Å². The fourth-order valence-electron chi connectivity index (χ4n) is 2.30. The number of rotatable bonds is 9. The second-order valence-corrected chi connectivity index (χ2v) is 4.81. The number of para-hydroxylation sites is 1. The maximum atomic E-state index is 12.2. The molecule has 0 bridgehead atoms. The quantitative estimate of drug-likeness (QED) is 0.747. The third-order valence-electron chi connectivity index (χ3n) is 3.48. The molecule has 1 amide bonds. The molecular formula is C16H26N2O3. The highest BCUT2D eigenvalue weighted by atomic mass is 16.5. The molecule has 1 aromatic carbocycles. The summed E-state index contributed by atoms with van der Waals surface area (Å²) in [5, 5.41) is 9.21. The van der Waals surface area contributed by atoms with E-state index in [1.54, 1.807) is 12.0 Å². The first-order chi connectivity index (χ1) is 10.2. The average Bonchev–Trinajstić information content (AvgIpc) is 2.49. The molecule has 0 saturated heterocycles. The number of nitrogens with zero attached hydrogens (tertiary/aromatic N) is 2. The van der Waals surface area contributed by atoms with Crippen molar-refractivity contribution in [2.45, 2.75) is 20.4 Å². The van der Waals surface area contributed by atoms with Crippen LogP contribution in [0.25, 0.3) is 0 Å². The van der Waals surface area contributed by atoms with Crippen molar-refractivity contribution in [3.63, 3.8) is 0 Å². The Labute approximate surface area is 127 Å². The van der Waals surface area contributed by atoms with Gasteiger partial charge >= 0.3 is 0 Å². The Bertz CT molecular complexity index is 433. The fraction of sp³-hybridized carbons (Fsp3) is 0.562. The monoisotopic (exact) mass is 294 g/mol. The smallest absolute Gasteiger partial charge is 0.236 e. The summed E-state index contributed by atoms with van der Waals surface area (Å²) >= 11 is 0. The molecule has 0 aliphatic carbocycles. The largest absolute Gasteiger partial charge is 0.496 e. The lowest BCUT2D eigenvalue weighted by Crippen LogP contribution is -2.41. The van der Waals surface area contributed by atoms with E-state index in [2.05, 4.69) is 0 Å². The van der Waals surface area contributed by atoms with Crippen molar-refractivity contribution >= 4 is 5.91 Å².